The van der Waals surface area contributed by atoms with Crippen molar-refractivity contribution in [2.75, 3.05) is 6.61 Å². The van der Waals surface area contributed by atoms with Gasteiger partial charge < -0.3 is 12.9 Å². The zero-order chi connectivity index (χ0) is 26.3. The van der Waals surface area contributed by atoms with E-state index < -0.39 is 32.8 Å². The van der Waals surface area contributed by atoms with Crippen LogP contribution < -0.4 is 0 Å². The Hall–Kier alpha value is 0.721. The Bertz CT molecular complexity index is 536. The van der Waals surface area contributed by atoms with Gasteiger partial charge >= 0.3 is 7.82 Å². The third-order valence-electron chi connectivity index (χ3n) is 5.17. The Morgan fingerprint density at radius 1 is 0.588 bits per heavy atom. The second-order valence-corrected chi connectivity index (χ2v) is 28.1. The largest absolute Gasteiger partial charge is 0.455 e. The lowest BCUT2D eigenvalue weighted by Gasteiger charge is -2.29. The van der Waals surface area contributed by atoms with E-state index >= 15 is 0 Å². The lowest BCUT2D eigenvalue weighted by molar-refractivity contribution is 0.175. The van der Waals surface area contributed by atoms with E-state index in [1.165, 1.54) is 64.2 Å². The molecular weight excluding hydrogens is 496 g/mol. The molecule has 0 aromatic rings. The van der Waals surface area contributed by atoms with Crippen LogP contribution >= 0.6 is 7.82 Å². The van der Waals surface area contributed by atoms with Gasteiger partial charge in [0.15, 0.2) is 25.0 Å². The predicted molar refractivity (Wildman–Crippen MR) is 156 cm³/mol. The van der Waals surface area contributed by atoms with Crippen LogP contribution in [0.4, 0.5) is 0 Å². The lowest BCUT2D eigenvalue weighted by Crippen LogP contribution is -2.31. The van der Waals surface area contributed by atoms with Crippen molar-refractivity contribution in [3.63, 3.8) is 0 Å². The molecule has 0 fully saturated rings. The summed E-state index contributed by atoms with van der Waals surface area (Å²) in [5.74, 6) is 0. The predicted octanol–water partition coefficient (Wildman–Crippen LogP) is 10.1. The fourth-order valence-corrected chi connectivity index (χ4v) is 11.7. The monoisotopic (exact) mass is 554 g/mol. The smallest absolute Gasteiger partial charge is 0.415 e. The van der Waals surface area contributed by atoms with Crippen molar-refractivity contribution in [2.45, 2.75) is 155 Å². The first kappa shape index (κ1) is 34.7. The van der Waals surface area contributed by atoms with Crippen LogP contribution in [0.1, 0.15) is 90.4 Å². The Balaban J connectivity index is 3.75. The quantitative estimate of drug-likeness (QED) is 0.0757. The summed E-state index contributed by atoms with van der Waals surface area (Å²) in [5, 5.41) is 0. The normalized spacial score (nSPS) is 14.5. The molecule has 0 amide bonds. The molecule has 0 aromatic carbocycles. The molecule has 9 heteroatoms. The summed E-state index contributed by atoms with van der Waals surface area (Å²) in [6, 6.07) is 0. The van der Waals surface area contributed by atoms with Gasteiger partial charge in [0.05, 0.1) is 6.61 Å². The van der Waals surface area contributed by atoms with Gasteiger partial charge in [0.2, 0.25) is 0 Å². The average molecular weight is 555 g/mol. The molecule has 1 unspecified atom stereocenters. The number of rotatable bonds is 22. The van der Waals surface area contributed by atoms with Crippen LogP contribution in [-0.4, -0.2) is 37.7 Å². The molecule has 0 rings (SSSR count). The summed E-state index contributed by atoms with van der Waals surface area (Å²) in [6.07, 6.45) is 16.8. The van der Waals surface area contributed by atoms with E-state index in [1.807, 2.05) is 39.3 Å². The highest BCUT2D eigenvalue weighted by Gasteiger charge is 2.38. The van der Waals surface area contributed by atoms with Gasteiger partial charge in [-0.3, -0.25) is 4.52 Å². The fraction of sp³-hybridized carbons (Fsp3) is 1.00. The summed E-state index contributed by atoms with van der Waals surface area (Å²) >= 11 is 0. The van der Waals surface area contributed by atoms with E-state index in [9.17, 15) is 4.57 Å². The first-order valence-corrected chi connectivity index (χ1v) is 25.6. The molecule has 0 aliphatic carbocycles. The van der Waals surface area contributed by atoms with Gasteiger partial charge in [-0.05, 0) is 78.2 Å². The van der Waals surface area contributed by atoms with Crippen molar-refractivity contribution in [1.82, 2.24) is 0 Å². The third kappa shape index (κ3) is 23.1. The molecule has 206 valence electrons. The van der Waals surface area contributed by atoms with Crippen molar-refractivity contribution >= 4 is 32.8 Å². The van der Waals surface area contributed by atoms with Crippen LogP contribution in [0.2, 0.25) is 58.9 Å². The third-order valence-corrected chi connectivity index (χ3v) is 12.9. The standard InChI is InChI=1S/C25H59O5PSi3/c1-11-25(28-32(2,3)4)23-21-19-17-15-13-12-14-16-18-20-22-24-27-31(26,29-33(5,6)7)30-34(8,9)10/h25H,11-24H2,1-10H3. The second-order valence-electron chi connectivity index (χ2n) is 12.6. The maximum atomic E-state index is 13.0. The number of phosphoric acid groups is 1. The first-order valence-electron chi connectivity index (χ1n) is 13.9. The molecule has 0 spiro atoms. The summed E-state index contributed by atoms with van der Waals surface area (Å²) in [5.41, 5.74) is 0. The van der Waals surface area contributed by atoms with E-state index in [0.717, 1.165) is 19.3 Å². The molecule has 0 saturated heterocycles. The molecule has 0 radical (unpaired) electrons. The number of unbranched alkanes of at least 4 members (excludes halogenated alkanes) is 10. The zero-order valence-corrected chi connectivity index (χ0v) is 28.4. The highest BCUT2D eigenvalue weighted by atomic mass is 31.2. The van der Waals surface area contributed by atoms with Crippen molar-refractivity contribution in [3.05, 3.63) is 0 Å². The van der Waals surface area contributed by atoms with Crippen molar-refractivity contribution in [2.24, 2.45) is 0 Å². The molecule has 1 atom stereocenters. The van der Waals surface area contributed by atoms with Crippen molar-refractivity contribution in [1.29, 1.82) is 0 Å². The minimum atomic E-state index is -3.44. The average Bonchev–Trinajstić information content (AvgIpc) is 2.63. The lowest BCUT2D eigenvalue weighted by atomic mass is 10.0. The molecule has 0 N–H and O–H groups in total. The molecule has 0 aromatic heterocycles. The highest BCUT2D eigenvalue weighted by molar-refractivity contribution is 7.52. The molecule has 5 nitrogen and oxygen atoms in total. The van der Waals surface area contributed by atoms with Crippen LogP contribution in [0, 0.1) is 0 Å². The maximum absolute atomic E-state index is 13.0. The van der Waals surface area contributed by atoms with Crippen LogP contribution in [0.25, 0.3) is 0 Å². The van der Waals surface area contributed by atoms with Gasteiger partial charge in [-0.15, -0.1) is 0 Å². The van der Waals surface area contributed by atoms with Gasteiger partial charge in [0.1, 0.15) is 0 Å². The van der Waals surface area contributed by atoms with Gasteiger partial charge in [0.25, 0.3) is 0 Å². The summed E-state index contributed by atoms with van der Waals surface area (Å²) < 4.78 is 36.6. The van der Waals surface area contributed by atoms with Gasteiger partial charge in [-0.1, -0.05) is 71.1 Å². The Morgan fingerprint density at radius 2 is 0.971 bits per heavy atom. The Morgan fingerprint density at radius 3 is 1.32 bits per heavy atom. The van der Waals surface area contributed by atoms with Crippen molar-refractivity contribution < 1.29 is 21.9 Å². The van der Waals surface area contributed by atoms with Gasteiger partial charge in [-0.2, -0.15) is 0 Å². The minimum Gasteiger partial charge on any atom is -0.415 e. The Kier molecular flexibility index (Phi) is 17.6. The number of hydrogen-bond donors (Lipinski definition) is 0. The minimum absolute atomic E-state index is 0.452. The molecular formula is C25H59O5PSi3. The fourth-order valence-electron chi connectivity index (χ4n) is 3.83. The summed E-state index contributed by atoms with van der Waals surface area (Å²) in [4.78, 5) is 0. The topological polar surface area (TPSA) is 54.0 Å². The van der Waals surface area contributed by atoms with E-state index in [0.29, 0.717) is 12.7 Å². The summed E-state index contributed by atoms with van der Waals surface area (Å²) in [6.45, 7) is 21.7. The van der Waals surface area contributed by atoms with Gasteiger partial charge in [-0.25, -0.2) is 4.57 Å². The van der Waals surface area contributed by atoms with Gasteiger partial charge in [0, 0.05) is 6.10 Å². The van der Waals surface area contributed by atoms with Crippen LogP contribution in [0.5, 0.6) is 0 Å². The molecule has 0 aliphatic heterocycles. The second kappa shape index (κ2) is 17.3. The first-order chi connectivity index (χ1) is 15.6. The van der Waals surface area contributed by atoms with E-state index in [4.69, 9.17) is 17.4 Å². The SMILES string of the molecule is CCC(CCCCCCCCCCCCCOP(=O)(O[Si](C)(C)C)O[Si](C)(C)C)O[Si](C)(C)C. The van der Waals surface area contributed by atoms with Crippen LogP contribution in [0.15, 0.2) is 0 Å². The molecule has 0 aliphatic rings. The van der Waals surface area contributed by atoms with Crippen LogP contribution in [0.3, 0.4) is 0 Å². The maximum Gasteiger partial charge on any atom is 0.455 e. The van der Waals surface area contributed by atoms with Crippen LogP contribution in [-0.2, 0) is 21.9 Å². The van der Waals surface area contributed by atoms with E-state index in [2.05, 4.69) is 26.6 Å². The molecule has 0 saturated carbocycles. The number of hydrogen-bond acceptors (Lipinski definition) is 5. The highest BCUT2D eigenvalue weighted by Crippen LogP contribution is 2.54. The zero-order valence-electron chi connectivity index (χ0n) is 24.5. The van der Waals surface area contributed by atoms with Crippen molar-refractivity contribution in [3.8, 4) is 0 Å². The molecule has 34 heavy (non-hydrogen) atoms. The summed E-state index contributed by atoms with van der Waals surface area (Å²) in [7, 11) is -8.86. The molecule has 0 bridgehead atoms. The Labute approximate surface area is 216 Å². The van der Waals surface area contributed by atoms with E-state index in [-0.39, 0.29) is 0 Å². The molecule has 0 heterocycles. The van der Waals surface area contributed by atoms with E-state index in [1.54, 1.807) is 0 Å².